The average molecular weight is 205 g/mol. The van der Waals surface area contributed by atoms with Gasteiger partial charge in [0.15, 0.2) is 0 Å². The van der Waals surface area contributed by atoms with Crippen LogP contribution in [0.4, 0.5) is 0 Å². The lowest BCUT2D eigenvalue weighted by Gasteiger charge is -2.26. The van der Waals surface area contributed by atoms with E-state index in [-0.39, 0.29) is 5.41 Å². The largest absolute Gasteiger partial charge is 0.327 e. The van der Waals surface area contributed by atoms with Crippen LogP contribution in [0.3, 0.4) is 0 Å². The summed E-state index contributed by atoms with van der Waals surface area (Å²) in [5.41, 5.74) is 7.76. The molecule has 0 aliphatic carbocycles. The number of nitrogens with two attached hydrogens (primary N) is 1. The summed E-state index contributed by atoms with van der Waals surface area (Å²) in [6.45, 7) is 6.63. The predicted octanol–water partition coefficient (Wildman–Crippen LogP) is 3.38. The quantitative estimate of drug-likeness (QED) is 0.801. The molecule has 15 heavy (non-hydrogen) atoms. The van der Waals surface area contributed by atoms with E-state index in [1.807, 2.05) is 0 Å². The van der Waals surface area contributed by atoms with Crippen LogP contribution in [0.5, 0.6) is 0 Å². The second kappa shape index (κ2) is 5.32. The Morgan fingerprint density at radius 2 is 1.73 bits per heavy atom. The highest BCUT2D eigenvalue weighted by Crippen LogP contribution is 2.21. The first-order valence-corrected chi connectivity index (χ1v) is 5.79. The highest BCUT2D eigenvalue weighted by molar-refractivity contribution is 5.14. The van der Waals surface area contributed by atoms with Crippen molar-refractivity contribution in [2.24, 2.45) is 11.1 Å². The molecule has 1 aromatic rings. The molecule has 0 saturated carbocycles. The highest BCUT2D eigenvalue weighted by atomic mass is 14.7. The van der Waals surface area contributed by atoms with E-state index in [9.17, 15) is 0 Å². The fourth-order valence-electron chi connectivity index (χ4n) is 1.60. The van der Waals surface area contributed by atoms with Crippen LogP contribution in [0.2, 0.25) is 0 Å². The van der Waals surface area contributed by atoms with Gasteiger partial charge in [0.25, 0.3) is 0 Å². The minimum atomic E-state index is 0.233. The number of hydrogen-bond acceptors (Lipinski definition) is 1. The van der Waals surface area contributed by atoms with E-state index in [1.165, 1.54) is 12.0 Å². The molecule has 0 spiro atoms. The third kappa shape index (κ3) is 4.48. The zero-order valence-electron chi connectivity index (χ0n) is 10.2. The molecular weight excluding hydrogens is 182 g/mol. The molecule has 0 bridgehead atoms. The lowest BCUT2D eigenvalue weighted by atomic mass is 9.84. The Bertz CT molecular complexity index is 271. The van der Waals surface area contributed by atoms with Crippen LogP contribution >= 0.6 is 0 Å². The molecule has 0 aliphatic rings. The van der Waals surface area contributed by atoms with Crippen molar-refractivity contribution in [3.63, 3.8) is 0 Å². The van der Waals surface area contributed by atoms with E-state index in [2.05, 4.69) is 51.1 Å². The van der Waals surface area contributed by atoms with Crippen molar-refractivity contribution in [2.75, 3.05) is 0 Å². The van der Waals surface area contributed by atoms with Crippen molar-refractivity contribution in [1.29, 1.82) is 0 Å². The molecule has 0 heterocycles. The molecule has 0 radical (unpaired) electrons. The molecule has 1 nitrogen and oxygen atoms in total. The van der Waals surface area contributed by atoms with Crippen LogP contribution in [0.15, 0.2) is 30.3 Å². The summed E-state index contributed by atoms with van der Waals surface area (Å²) in [4.78, 5) is 0. The van der Waals surface area contributed by atoms with Crippen LogP contribution in [0.25, 0.3) is 0 Å². The third-order valence-electron chi connectivity index (χ3n) is 2.94. The van der Waals surface area contributed by atoms with Crippen LogP contribution in [0.1, 0.15) is 39.2 Å². The Balaban J connectivity index is 2.28. The second-order valence-corrected chi connectivity index (χ2v) is 5.35. The maximum Gasteiger partial charge on any atom is 0.00877 e. The first kappa shape index (κ1) is 12.3. The molecule has 1 aromatic carbocycles. The SMILES string of the molecule is CC(C)(C)C(N)CCCc1ccccc1. The van der Waals surface area contributed by atoms with E-state index in [1.54, 1.807) is 0 Å². The summed E-state index contributed by atoms with van der Waals surface area (Å²) in [5.74, 6) is 0. The monoisotopic (exact) mass is 205 g/mol. The van der Waals surface area contributed by atoms with Crippen molar-refractivity contribution in [3.8, 4) is 0 Å². The molecule has 0 aromatic heterocycles. The van der Waals surface area contributed by atoms with Gasteiger partial charge in [0.2, 0.25) is 0 Å². The number of benzene rings is 1. The van der Waals surface area contributed by atoms with Gasteiger partial charge in [-0.15, -0.1) is 0 Å². The van der Waals surface area contributed by atoms with Gasteiger partial charge in [0, 0.05) is 6.04 Å². The number of hydrogen-bond donors (Lipinski definition) is 1. The molecular formula is C14H23N. The van der Waals surface area contributed by atoms with E-state index in [0.717, 1.165) is 12.8 Å². The fraction of sp³-hybridized carbons (Fsp3) is 0.571. The van der Waals surface area contributed by atoms with E-state index >= 15 is 0 Å². The standard InChI is InChI=1S/C14H23N/c1-14(2,3)13(15)11-7-10-12-8-5-4-6-9-12/h4-6,8-9,13H,7,10-11,15H2,1-3H3. The average Bonchev–Trinajstić information content (AvgIpc) is 2.18. The van der Waals surface area contributed by atoms with Gasteiger partial charge < -0.3 is 5.73 Å². The molecule has 1 rings (SSSR count). The number of rotatable bonds is 4. The molecule has 0 saturated heterocycles. The van der Waals surface area contributed by atoms with E-state index < -0.39 is 0 Å². The zero-order chi connectivity index (χ0) is 11.3. The van der Waals surface area contributed by atoms with E-state index in [4.69, 9.17) is 5.73 Å². The molecule has 1 heteroatoms. The van der Waals surface area contributed by atoms with Gasteiger partial charge >= 0.3 is 0 Å². The lowest BCUT2D eigenvalue weighted by Crippen LogP contribution is -2.34. The Labute approximate surface area is 93.7 Å². The molecule has 0 fully saturated rings. The van der Waals surface area contributed by atoms with Crippen molar-refractivity contribution >= 4 is 0 Å². The predicted molar refractivity (Wildman–Crippen MR) is 66.8 cm³/mol. The summed E-state index contributed by atoms with van der Waals surface area (Å²) in [7, 11) is 0. The normalized spacial score (nSPS) is 13.9. The topological polar surface area (TPSA) is 26.0 Å². The Hall–Kier alpha value is -0.820. The van der Waals surface area contributed by atoms with Gasteiger partial charge in [-0.3, -0.25) is 0 Å². The fourth-order valence-corrected chi connectivity index (χ4v) is 1.60. The Kier molecular flexibility index (Phi) is 4.34. The van der Waals surface area contributed by atoms with E-state index in [0.29, 0.717) is 6.04 Å². The first-order chi connectivity index (χ1) is 7.00. The van der Waals surface area contributed by atoms with Gasteiger partial charge in [0.1, 0.15) is 0 Å². The molecule has 1 atom stereocenters. The maximum absolute atomic E-state index is 6.11. The molecule has 84 valence electrons. The number of aryl methyl sites for hydroxylation is 1. The molecule has 0 aliphatic heterocycles. The molecule has 0 amide bonds. The van der Waals surface area contributed by atoms with Gasteiger partial charge in [-0.25, -0.2) is 0 Å². The van der Waals surface area contributed by atoms with Gasteiger partial charge in [-0.05, 0) is 30.2 Å². The maximum atomic E-state index is 6.11. The van der Waals surface area contributed by atoms with Crippen molar-refractivity contribution in [2.45, 2.75) is 46.1 Å². The van der Waals surface area contributed by atoms with Crippen molar-refractivity contribution in [3.05, 3.63) is 35.9 Å². The van der Waals surface area contributed by atoms with Crippen LogP contribution in [-0.4, -0.2) is 6.04 Å². The van der Waals surface area contributed by atoms with Gasteiger partial charge in [0.05, 0.1) is 0 Å². The highest BCUT2D eigenvalue weighted by Gasteiger charge is 2.19. The van der Waals surface area contributed by atoms with Crippen molar-refractivity contribution < 1.29 is 0 Å². The minimum Gasteiger partial charge on any atom is -0.327 e. The smallest absolute Gasteiger partial charge is 0.00877 e. The van der Waals surface area contributed by atoms with Crippen molar-refractivity contribution in [1.82, 2.24) is 0 Å². The van der Waals surface area contributed by atoms with Crippen LogP contribution in [0, 0.1) is 5.41 Å². The van der Waals surface area contributed by atoms with Crippen LogP contribution in [-0.2, 0) is 6.42 Å². The Morgan fingerprint density at radius 1 is 1.13 bits per heavy atom. The molecule has 1 unspecified atom stereocenters. The van der Waals surface area contributed by atoms with Crippen LogP contribution < -0.4 is 5.73 Å². The first-order valence-electron chi connectivity index (χ1n) is 5.79. The summed E-state index contributed by atoms with van der Waals surface area (Å²) < 4.78 is 0. The third-order valence-corrected chi connectivity index (χ3v) is 2.94. The lowest BCUT2D eigenvalue weighted by molar-refractivity contribution is 0.301. The van der Waals surface area contributed by atoms with Gasteiger partial charge in [-0.2, -0.15) is 0 Å². The summed E-state index contributed by atoms with van der Waals surface area (Å²) in [6, 6.07) is 10.9. The second-order valence-electron chi connectivity index (χ2n) is 5.35. The van der Waals surface area contributed by atoms with Gasteiger partial charge in [-0.1, -0.05) is 51.1 Å². The zero-order valence-corrected chi connectivity index (χ0v) is 10.2. The molecule has 2 N–H and O–H groups in total. The minimum absolute atomic E-state index is 0.233. The summed E-state index contributed by atoms with van der Waals surface area (Å²) in [5, 5.41) is 0. The summed E-state index contributed by atoms with van der Waals surface area (Å²) in [6.07, 6.45) is 3.44. The Morgan fingerprint density at radius 3 is 2.27 bits per heavy atom. The summed E-state index contributed by atoms with van der Waals surface area (Å²) >= 11 is 0.